The number of rotatable bonds is 9. The highest BCUT2D eigenvalue weighted by atomic mass is 32.1. The number of nitrogens with two attached hydrogens (primary N) is 1. The van der Waals surface area contributed by atoms with Crippen molar-refractivity contribution in [1.82, 2.24) is 15.2 Å². The van der Waals surface area contributed by atoms with Gasteiger partial charge < -0.3 is 30.8 Å². The van der Waals surface area contributed by atoms with Gasteiger partial charge in [0.1, 0.15) is 22.7 Å². The highest BCUT2D eigenvalue weighted by Gasteiger charge is 2.24. The van der Waals surface area contributed by atoms with Gasteiger partial charge in [-0.1, -0.05) is 12.1 Å². The number of carbonyl (C=O) groups is 2. The fourth-order valence-electron chi connectivity index (χ4n) is 4.80. The molecule has 11 heteroatoms. The number of aromatic nitrogens is 1. The van der Waals surface area contributed by atoms with E-state index in [9.17, 15) is 19.1 Å². The molecule has 1 aliphatic carbocycles. The Kier molecular flexibility index (Phi) is 9.60. The van der Waals surface area contributed by atoms with E-state index in [2.05, 4.69) is 10.3 Å². The van der Waals surface area contributed by atoms with Crippen LogP contribution in [0, 0.1) is 11.2 Å². The minimum Gasteiger partial charge on any atom is -0.390 e. The molecule has 0 radical (unpaired) electrons. The molecule has 1 saturated heterocycles. The molecule has 1 fully saturated rings. The lowest BCUT2D eigenvalue weighted by Crippen LogP contribution is -2.79. The van der Waals surface area contributed by atoms with Crippen molar-refractivity contribution in [2.24, 2.45) is 0 Å². The number of carbonyl (C=O) groups excluding carboxylic acids is 2. The van der Waals surface area contributed by atoms with Crippen LogP contribution in [-0.2, 0) is 4.74 Å². The van der Waals surface area contributed by atoms with Gasteiger partial charge in [-0.05, 0) is 68.0 Å². The molecular weight excluding hydrogens is 581 g/mol. The van der Waals surface area contributed by atoms with Gasteiger partial charge in [0.05, 0.1) is 36.6 Å². The summed E-state index contributed by atoms with van der Waals surface area (Å²) in [4.78, 5) is 32.9. The summed E-state index contributed by atoms with van der Waals surface area (Å²) in [6.45, 7) is 6.13. The molecule has 0 bridgehead atoms. The van der Waals surface area contributed by atoms with E-state index in [-0.39, 0.29) is 23.1 Å². The number of hydrogen-bond donors (Lipinski definition) is 4. The van der Waals surface area contributed by atoms with Crippen molar-refractivity contribution in [1.29, 1.82) is 5.41 Å². The van der Waals surface area contributed by atoms with Gasteiger partial charge in [0.15, 0.2) is 0 Å². The minimum absolute atomic E-state index is 0.103. The molecule has 5 N–H and O–H groups in total. The smallest absolute Gasteiger partial charge is 0.275 e. The zero-order valence-corrected chi connectivity index (χ0v) is 25.4. The van der Waals surface area contributed by atoms with Crippen LogP contribution in [0.3, 0.4) is 0 Å². The largest absolute Gasteiger partial charge is 0.390 e. The standard InChI is InChI=1S/C33H34FN5O4S/c1-33(2,42)10-11-36-19-24-17-28(37-30(40)29-20-44-31(38-29)21-6-8-25(34)9-7-21)26(18-27(24)35)22-4-3-5-23(16-22)32(41)39-12-14-43-15-13-39/h3-9,16-20,35-36,42H,10-15H2,1-2H3,(H,37,40)/p+1/b24-19-,35-27?. The van der Waals surface area contributed by atoms with Crippen LogP contribution in [0.1, 0.15) is 46.7 Å². The van der Waals surface area contributed by atoms with Crippen molar-refractivity contribution in [3.8, 4) is 10.6 Å². The van der Waals surface area contributed by atoms with E-state index in [1.807, 2.05) is 11.4 Å². The molecular formula is C33H35FN5O4S+. The third-order valence-corrected chi connectivity index (χ3v) is 8.10. The predicted molar refractivity (Wildman–Crippen MR) is 168 cm³/mol. The first kappa shape index (κ1) is 31.1. The van der Waals surface area contributed by atoms with Gasteiger partial charge in [-0.25, -0.2) is 9.37 Å². The number of ether oxygens (including phenoxy) is 1. The Balaban J connectivity index is 1.42. The van der Waals surface area contributed by atoms with Crippen molar-refractivity contribution in [2.75, 3.05) is 32.8 Å². The number of nitrogens with one attached hydrogen (secondary N) is 2. The third-order valence-electron chi connectivity index (χ3n) is 7.20. The lowest BCUT2D eigenvalue weighted by Gasteiger charge is -2.27. The number of allylic oxidation sites excluding steroid dienone is 4. The zero-order valence-electron chi connectivity index (χ0n) is 24.6. The number of hydrogen-bond acceptors (Lipinski definition) is 7. The number of amides is 2. The van der Waals surface area contributed by atoms with E-state index in [0.717, 1.165) is 0 Å². The monoisotopic (exact) mass is 616 g/mol. The van der Waals surface area contributed by atoms with Crippen LogP contribution < -0.4 is 10.6 Å². The Morgan fingerprint density at radius 2 is 1.91 bits per heavy atom. The molecule has 228 valence electrons. The van der Waals surface area contributed by atoms with E-state index >= 15 is 0 Å². The Morgan fingerprint density at radius 3 is 2.64 bits per heavy atom. The fourth-order valence-corrected chi connectivity index (χ4v) is 5.61. The van der Waals surface area contributed by atoms with Crippen LogP contribution in [0.5, 0.6) is 0 Å². The summed E-state index contributed by atoms with van der Waals surface area (Å²) in [6.07, 6.45) is 5.78. The molecule has 2 amide bonds. The van der Waals surface area contributed by atoms with Gasteiger partial charge in [-0.3, -0.25) is 9.59 Å². The number of aliphatic hydroxyl groups is 1. The first-order chi connectivity index (χ1) is 21.1. The van der Waals surface area contributed by atoms with Gasteiger partial charge in [-0.15, -0.1) is 11.3 Å². The Morgan fingerprint density at radius 1 is 1.16 bits per heavy atom. The van der Waals surface area contributed by atoms with Gasteiger partial charge in [0, 0.05) is 47.3 Å². The molecule has 9 nitrogen and oxygen atoms in total. The predicted octanol–water partition coefficient (Wildman–Crippen LogP) is 3.76. The van der Waals surface area contributed by atoms with Crippen LogP contribution in [-0.4, -0.2) is 71.0 Å². The molecule has 1 aliphatic heterocycles. The molecule has 5 rings (SSSR count). The molecule has 0 atom stereocenters. The van der Waals surface area contributed by atoms with Crippen LogP contribution in [0.4, 0.5) is 4.39 Å². The SMILES string of the molecule is CC(C)(O)CC[NH2+]/C=C1/C=C(NC(=O)c2csc(-c3ccc(F)cc3)n2)C(c2cccc(C(=O)N3CCOCC3)c2)=CC1=N. The van der Waals surface area contributed by atoms with Crippen LogP contribution in [0.2, 0.25) is 0 Å². The highest BCUT2D eigenvalue weighted by Crippen LogP contribution is 2.30. The highest BCUT2D eigenvalue weighted by molar-refractivity contribution is 7.13. The molecule has 0 spiro atoms. The van der Waals surface area contributed by atoms with Gasteiger partial charge in [0.2, 0.25) is 0 Å². The molecule has 2 aliphatic rings. The quantitative estimate of drug-likeness (QED) is 0.272. The number of nitrogens with zero attached hydrogens (tertiary/aromatic N) is 2. The second-order valence-electron chi connectivity index (χ2n) is 11.2. The molecule has 2 heterocycles. The summed E-state index contributed by atoms with van der Waals surface area (Å²) in [5.41, 5.74) is 3.16. The summed E-state index contributed by atoms with van der Waals surface area (Å²) in [7, 11) is 0. The normalized spacial score (nSPS) is 16.5. The number of thiazole rings is 1. The Bertz CT molecular complexity index is 1650. The Labute approximate surface area is 259 Å². The van der Waals surface area contributed by atoms with E-state index in [1.54, 1.807) is 72.8 Å². The van der Waals surface area contributed by atoms with Crippen LogP contribution in [0.15, 0.2) is 83.5 Å². The second-order valence-corrected chi connectivity index (χ2v) is 12.1. The van der Waals surface area contributed by atoms with Crippen molar-refractivity contribution in [3.63, 3.8) is 0 Å². The maximum absolute atomic E-state index is 13.5. The molecule has 44 heavy (non-hydrogen) atoms. The van der Waals surface area contributed by atoms with Crippen molar-refractivity contribution >= 4 is 34.4 Å². The lowest BCUT2D eigenvalue weighted by molar-refractivity contribution is -0.590. The first-order valence-electron chi connectivity index (χ1n) is 14.4. The minimum atomic E-state index is -0.804. The van der Waals surface area contributed by atoms with Gasteiger partial charge in [-0.2, -0.15) is 0 Å². The number of benzene rings is 2. The summed E-state index contributed by atoms with van der Waals surface area (Å²) in [6, 6.07) is 13.1. The van der Waals surface area contributed by atoms with Crippen molar-refractivity contribution in [3.05, 3.63) is 106 Å². The summed E-state index contributed by atoms with van der Waals surface area (Å²) in [5.74, 6) is -0.894. The van der Waals surface area contributed by atoms with E-state index < -0.39 is 11.5 Å². The average molecular weight is 617 g/mol. The van der Waals surface area contributed by atoms with Crippen molar-refractivity contribution < 1.29 is 29.1 Å². The van der Waals surface area contributed by atoms with E-state index in [0.29, 0.717) is 77.8 Å². The molecule has 2 aromatic carbocycles. The second kappa shape index (κ2) is 13.6. The number of halogens is 1. The van der Waals surface area contributed by atoms with Gasteiger partial charge in [0.25, 0.3) is 11.8 Å². The van der Waals surface area contributed by atoms with Gasteiger partial charge >= 0.3 is 0 Å². The summed E-state index contributed by atoms with van der Waals surface area (Å²) in [5, 5.41) is 25.9. The van der Waals surface area contributed by atoms with E-state index in [1.165, 1.54) is 23.5 Å². The molecule has 1 aromatic heterocycles. The zero-order chi connectivity index (χ0) is 31.3. The summed E-state index contributed by atoms with van der Waals surface area (Å²) >= 11 is 1.28. The maximum atomic E-state index is 13.5. The number of quaternary nitrogens is 1. The fraction of sp³-hybridized carbons (Fsp3) is 0.273. The lowest BCUT2D eigenvalue weighted by atomic mass is 9.91. The van der Waals surface area contributed by atoms with E-state index in [4.69, 9.17) is 10.1 Å². The van der Waals surface area contributed by atoms with Crippen LogP contribution in [0.25, 0.3) is 16.1 Å². The molecule has 3 aromatic rings. The van der Waals surface area contributed by atoms with Crippen molar-refractivity contribution in [2.45, 2.75) is 25.9 Å². The van der Waals surface area contributed by atoms with Crippen LogP contribution >= 0.6 is 11.3 Å². The average Bonchev–Trinajstić information content (AvgIpc) is 3.51. The Hall–Kier alpha value is -4.29. The topological polar surface area (TPSA) is 132 Å². The third kappa shape index (κ3) is 7.80. The first-order valence-corrected chi connectivity index (χ1v) is 15.2. The molecule has 0 unspecified atom stereocenters. The maximum Gasteiger partial charge on any atom is 0.275 e. The molecule has 0 saturated carbocycles. The number of morpholine rings is 1. The summed E-state index contributed by atoms with van der Waals surface area (Å²) < 4.78 is 18.8.